The average Bonchev–Trinajstić information content (AvgIpc) is 3.37. The number of benzene rings is 2. The van der Waals surface area contributed by atoms with Crippen molar-refractivity contribution in [2.24, 2.45) is 5.92 Å². The van der Waals surface area contributed by atoms with Gasteiger partial charge in [-0.15, -0.1) is 0 Å². The Kier molecular flexibility index (Phi) is 6.98. The Morgan fingerprint density at radius 1 is 1.12 bits per heavy atom. The molecule has 0 N–H and O–H groups in total. The quantitative estimate of drug-likeness (QED) is 0.479. The van der Waals surface area contributed by atoms with Crippen LogP contribution in [0.4, 0.5) is 0 Å². The van der Waals surface area contributed by atoms with E-state index in [-0.39, 0.29) is 12.1 Å². The lowest BCUT2D eigenvalue weighted by atomic mass is 9.89. The summed E-state index contributed by atoms with van der Waals surface area (Å²) in [5.41, 5.74) is 3.21. The molecule has 2 unspecified atom stereocenters. The number of carbonyl (C=O) groups is 1. The third-order valence-corrected chi connectivity index (χ3v) is 6.88. The normalized spacial score (nSPS) is 21.3. The van der Waals surface area contributed by atoms with E-state index in [1.54, 1.807) is 0 Å². The predicted molar refractivity (Wildman–Crippen MR) is 129 cm³/mol. The summed E-state index contributed by atoms with van der Waals surface area (Å²) in [6, 6.07) is 16.6. The van der Waals surface area contributed by atoms with Crippen LogP contribution in [0.1, 0.15) is 47.2 Å². The lowest BCUT2D eigenvalue weighted by molar-refractivity contribution is 0.0161. The minimum atomic E-state index is -0.255. The van der Waals surface area contributed by atoms with E-state index in [1.165, 1.54) is 34.7 Å². The number of aromatic nitrogens is 1. The summed E-state index contributed by atoms with van der Waals surface area (Å²) < 4.78 is 11.0. The first-order valence-electron chi connectivity index (χ1n) is 12.2. The molecule has 3 heterocycles. The van der Waals surface area contributed by atoms with Gasteiger partial charge in [0.25, 0.3) is 0 Å². The van der Waals surface area contributed by atoms with Gasteiger partial charge in [-0.3, -0.25) is 9.88 Å². The topological polar surface area (TPSA) is 51.7 Å². The van der Waals surface area contributed by atoms with E-state index >= 15 is 0 Å². The molecule has 2 atom stereocenters. The monoisotopic (exact) mass is 444 g/mol. The summed E-state index contributed by atoms with van der Waals surface area (Å²) in [5, 5.41) is 2.53. The van der Waals surface area contributed by atoms with Crippen LogP contribution in [0.5, 0.6) is 0 Å². The average molecular weight is 445 g/mol. The van der Waals surface area contributed by atoms with Crippen molar-refractivity contribution < 1.29 is 14.3 Å². The molecule has 0 radical (unpaired) electrons. The smallest absolute Gasteiger partial charge is 0.338 e. The number of esters is 1. The van der Waals surface area contributed by atoms with Crippen molar-refractivity contribution in [3.8, 4) is 0 Å². The van der Waals surface area contributed by atoms with Crippen LogP contribution in [0, 0.1) is 5.92 Å². The van der Waals surface area contributed by atoms with Crippen molar-refractivity contribution in [1.82, 2.24) is 9.88 Å². The van der Waals surface area contributed by atoms with E-state index in [9.17, 15) is 4.79 Å². The molecule has 172 valence electrons. The molecule has 5 rings (SSSR count). The number of ether oxygens (including phenoxy) is 2. The summed E-state index contributed by atoms with van der Waals surface area (Å²) in [5.74, 6) is 0.381. The maximum absolute atomic E-state index is 12.5. The van der Waals surface area contributed by atoms with Crippen LogP contribution in [0.2, 0.25) is 0 Å². The molecule has 1 aromatic heterocycles. The fourth-order valence-electron chi connectivity index (χ4n) is 5.22. The van der Waals surface area contributed by atoms with Gasteiger partial charge in [-0.2, -0.15) is 0 Å². The Morgan fingerprint density at radius 3 is 2.97 bits per heavy atom. The summed E-state index contributed by atoms with van der Waals surface area (Å²) in [4.78, 5) is 19.3. The van der Waals surface area contributed by atoms with Gasteiger partial charge >= 0.3 is 5.97 Å². The number of hydrogen-bond acceptors (Lipinski definition) is 5. The van der Waals surface area contributed by atoms with Gasteiger partial charge in [-0.1, -0.05) is 30.3 Å². The Bertz CT molecular complexity index is 1090. The first-order chi connectivity index (χ1) is 16.2. The van der Waals surface area contributed by atoms with Gasteiger partial charge in [0.05, 0.1) is 11.7 Å². The highest BCUT2D eigenvalue weighted by atomic mass is 16.6. The molecule has 2 aliphatic rings. The van der Waals surface area contributed by atoms with E-state index in [0.29, 0.717) is 18.1 Å². The number of piperidine rings is 1. The number of carbonyl (C=O) groups excluding carboxylic acids is 1. The predicted octanol–water partition coefficient (Wildman–Crippen LogP) is 5.03. The van der Waals surface area contributed by atoms with E-state index in [0.717, 1.165) is 45.5 Å². The minimum Gasteiger partial charge on any atom is -0.459 e. The number of pyridine rings is 1. The molecule has 5 heteroatoms. The highest BCUT2D eigenvalue weighted by Gasteiger charge is 2.22. The van der Waals surface area contributed by atoms with Crippen molar-refractivity contribution in [2.75, 3.05) is 26.3 Å². The van der Waals surface area contributed by atoms with Crippen molar-refractivity contribution in [2.45, 2.75) is 44.8 Å². The molecule has 3 aromatic rings. The van der Waals surface area contributed by atoms with Crippen molar-refractivity contribution in [1.29, 1.82) is 0 Å². The number of hydrogen-bond donors (Lipinski definition) is 0. The summed E-state index contributed by atoms with van der Waals surface area (Å²) in [7, 11) is 0. The van der Waals surface area contributed by atoms with Gasteiger partial charge < -0.3 is 9.47 Å². The van der Waals surface area contributed by atoms with Gasteiger partial charge in [0, 0.05) is 37.5 Å². The fourth-order valence-corrected chi connectivity index (χ4v) is 5.22. The van der Waals surface area contributed by atoms with E-state index in [2.05, 4.69) is 40.2 Å². The maximum Gasteiger partial charge on any atom is 0.338 e. The van der Waals surface area contributed by atoms with Crippen LogP contribution in [-0.2, 0) is 22.4 Å². The van der Waals surface area contributed by atoms with Gasteiger partial charge in [0.15, 0.2) is 0 Å². The summed E-state index contributed by atoms with van der Waals surface area (Å²) in [6.45, 7) is 4.16. The zero-order valence-corrected chi connectivity index (χ0v) is 19.1. The number of likely N-dealkylation sites (tertiary alicyclic amines) is 1. The molecule has 2 saturated heterocycles. The molecule has 2 fully saturated rings. The van der Waals surface area contributed by atoms with Crippen molar-refractivity contribution >= 4 is 16.7 Å². The first-order valence-corrected chi connectivity index (χ1v) is 12.2. The van der Waals surface area contributed by atoms with Gasteiger partial charge in [-0.25, -0.2) is 4.79 Å². The van der Waals surface area contributed by atoms with Crippen LogP contribution in [0.25, 0.3) is 10.8 Å². The Hall–Kier alpha value is -2.76. The molecule has 0 amide bonds. The van der Waals surface area contributed by atoms with Crippen LogP contribution >= 0.6 is 0 Å². The SMILES string of the molecule is O=C(OCC1CCCO1)c1cccc(CN2CCCC(Cc3cccc4cnccc34)C2)c1. The van der Waals surface area contributed by atoms with Crippen molar-refractivity contribution in [3.63, 3.8) is 0 Å². The van der Waals surface area contributed by atoms with Gasteiger partial charge in [-0.05, 0) is 79.3 Å². The lowest BCUT2D eigenvalue weighted by Crippen LogP contribution is -2.35. The van der Waals surface area contributed by atoms with E-state index in [1.807, 2.05) is 30.6 Å². The Labute approximate surface area is 195 Å². The second kappa shape index (κ2) is 10.4. The first kappa shape index (κ1) is 22.1. The Balaban J connectivity index is 1.19. The number of nitrogens with zero attached hydrogens (tertiary/aromatic N) is 2. The van der Waals surface area contributed by atoms with Gasteiger partial charge in [0.1, 0.15) is 6.61 Å². The minimum absolute atomic E-state index is 0.0559. The van der Waals surface area contributed by atoms with Crippen LogP contribution in [-0.4, -0.2) is 48.3 Å². The molecule has 0 spiro atoms. The van der Waals surface area contributed by atoms with Crippen molar-refractivity contribution in [3.05, 3.63) is 77.6 Å². The number of fused-ring (bicyclic) bond motifs is 1. The van der Waals surface area contributed by atoms with Crippen LogP contribution < -0.4 is 0 Å². The fraction of sp³-hybridized carbons (Fsp3) is 0.429. The molecule has 2 aromatic carbocycles. The van der Waals surface area contributed by atoms with E-state index in [4.69, 9.17) is 9.47 Å². The lowest BCUT2D eigenvalue weighted by Gasteiger charge is -2.33. The second-order valence-electron chi connectivity index (χ2n) is 9.40. The largest absolute Gasteiger partial charge is 0.459 e. The molecule has 0 bridgehead atoms. The highest BCUT2D eigenvalue weighted by Crippen LogP contribution is 2.26. The highest BCUT2D eigenvalue weighted by molar-refractivity contribution is 5.89. The molecule has 0 aliphatic carbocycles. The third-order valence-electron chi connectivity index (χ3n) is 6.88. The van der Waals surface area contributed by atoms with E-state index < -0.39 is 0 Å². The standard InChI is InChI=1S/C28H32N2O3/c31-28(33-20-26-10-4-14-32-26)24-8-1-5-21(16-24)18-30-13-3-6-22(19-30)15-23-7-2-9-25-17-29-12-11-27(23)25/h1-2,5,7-9,11-12,16-17,22,26H,3-4,6,10,13-15,18-20H2. The molecule has 5 nitrogen and oxygen atoms in total. The third kappa shape index (κ3) is 5.60. The number of rotatable bonds is 7. The molecule has 33 heavy (non-hydrogen) atoms. The summed E-state index contributed by atoms with van der Waals surface area (Å²) >= 11 is 0. The van der Waals surface area contributed by atoms with Crippen LogP contribution in [0.15, 0.2) is 60.9 Å². The van der Waals surface area contributed by atoms with Gasteiger partial charge in [0.2, 0.25) is 0 Å². The molecule has 2 aliphatic heterocycles. The zero-order chi connectivity index (χ0) is 22.5. The maximum atomic E-state index is 12.5. The molecular formula is C28H32N2O3. The second-order valence-corrected chi connectivity index (χ2v) is 9.40. The summed E-state index contributed by atoms with van der Waals surface area (Å²) in [6.07, 6.45) is 9.47. The zero-order valence-electron chi connectivity index (χ0n) is 19.1. The molecular weight excluding hydrogens is 412 g/mol. The molecule has 0 saturated carbocycles. The Morgan fingerprint density at radius 2 is 2.06 bits per heavy atom. The van der Waals surface area contributed by atoms with Crippen LogP contribution in [0.3, 0.4) is 0 Å².